The van der Waals surface area contributed by atoms with Crippen LogP contribution in [0.1, 0.15) is 17.6 Å². The fourth-order valence-electron chi connectivity index (χ4n) is 1.52. The summed E-state index contributed by atoms with van der Waals surface area (Å²) in [5.74, 6) is 1.05. The Kier molecular flexibility index (Phi) is 0.786. The molecule has 0 amide bonds. The zero-order valence-corrected chi connectivity index (χ0v) is 6.19. The van der Waals surface area contributed by atoms with E-state index in [0.29, 0.717) is 6.10 Å². The number of imidazole rings is 1. The van der Waals surface area contributed by atoms with Gasteiger partial charge in [0.1, 0.15) is 18.0 Å². The Hall–Kier alpha value is -1.09. The number of aryl methyl sites for hydroxylation is 1. The van der Waals surface area contributed by atoms with E-state index in [9.17, 15) is 0 Å². The van der Waals surface area contributed by atoms with Gasteiger partial charge in [0.15, 0.2) is 0 Å². The summed E-state index contributed by atoms with van der Waals surface area (Å²) in [6, 6.07) is 0. The van der Waals surface area contributed by atoms with Crippen LogP contribution in [0, 0.1) is 6.92 Å². The summed E-state index contributed by atoms with van der Waals surface area (Å²) < 4.78 is 7.43. The van der Waals surface area contributed by atoms with Gasteiger partial charge >= 0.3 is 0 Å². The topological polar surface area (TPSA) is 30.4 Å². The molecule has 3 heterocycles. The molecule has 0 saturated carbocycles. The van der Waals surface area contributed by atoms with Crippen molar-refractivity contribution in [3.8, 4) is 0 Å². The van der Waals surface area contributed by atoms with Crippen molar-refractivity contribution in [3.05, 3.63) is 23.8 Å². The Labute approximate surface area is 64.3 Å². The van der Waals surface area contributed by atoms with Crippen LogP contribution < -0.4 is 0 Å². The Morgan fingerprint density at radius 3 is 3.45 bits per heavy atom. The van der Waals surface area contributed by atoms with Gasteiger partial charge in [0.05, 0.1) is 0 Å². The van der Waals surface area contributed by atoms with Crippen LogP contribution in [-0.2, 0) is 4.74 Å². The maximum atomic E-state index is 5.35. The summed E-state index contributed by atoms with van der Waals surface area (Å²) in [5.41, 5.74) is 1.17. The second-order valence-electron chi connectivity index (χ2n) is 2.99. The number of ether oxygens (including phenoxy) is 1. The Morgan fingerprint density at radius 2 is 2.55 bits per heavy atom. The van der Waals surface area contributed by atoms with Crippen LogP contribution in [0.4, 0.5) is 0 Å². The number of nitrogens with zero attached hydrogens (tertiary/aromatic N) is 2. The van der Waals surface area contributed by atoms with E-state index in [0.717, 1.165) is 5.82 Å². The molecule has 0 radical (unpaired) electrons. The van der Waals surface area contributed by atoms with E-state index < -0.39 is 0 Å². The first-order chi connectivity index (χ1) is 5.36. The summed E-state index contributed by atoms with van der Waals surface area (Å²) in [5, 5.41) is 0. The third-order valence-corrected chi connectivity index (χ3v) is 2.22. The molecule has 0 N–H and O–H groups in total. The Bertz CT molecular complexity index is 340. The molecule has 3 rings (SSSR count). The van der Waals surface area contributed by atoms with Crippen LogP contribution >= 0.6 is 0 Å². The number of aromatic nitrogens is 2. The van der Waals surface area contributed by atoms with Crippen molar-refractivity contribution in [3.63, 3.8) is 0 Å². The van der Waals surface area contributed by atoms with Crippen LogP contribution in [0.25, 0.3) is 6.20 Å². The zero-order valence-electron chi connectivity index (χ0n) is 6.19. The van der Waals surface area contributed by atoms with Gasteiger partial charge in [0.25, 0.3) is 0 Å². The van der Waals surface area contributed by atoms with Crippen molar-refractivity contribution < 1.29 is 4.74 Å². The fourth-order valence-corrected chi connectivity index (χ4v) is 1.52. The molecule has 3 heteroatoms. The molecular formula is C8H8N2O. The first kappa shape index (κ1) is 5.55. The molecule has 0 aliphatic carbocycles. The molecule has 11 heavy (non-hydrogen) atoms. The van der Waals surface area contributed by atoms with Gasteiger partial charge in [0.2, 0.25) is 0 Å². The molecule has 1 saturated heterocycles. The summed E-state index contributed by atoms with van der Waals surface area (Å²) in [4.78, 5) is 4.27. The molecule has 2 unspecified atom stereocenters. The third kappa shape index (κ3) is 0.587. The first-order valence-electron chi connectivity index (χ1n) is 3.74. The lowest BCUT2D eigenvalue weighted by atomic mass is 10.2. The van der Waals surface area contributed by atoms with E-state index in [2.05, 4.69) is 15.6 Å². The van der Waals surface area contributed by atoms with Crippen molar-refractivity contribution in [2.75, 3.05) is 0 Å². The lowest BCUT2D eigenvalue weighted by Gasteiger charge is -2.03. The maximum absolute atomic E-state index is 5.35. The van der Waals surface area contributed by atoms with Crippen LogP contribution in [0.15, 0.2) is 12.3 Å². The van der Waals surface area contributed by atoms with Gasteiger partial charge in [-0.05, 0) is 13.0 Å². The minimum Gasteiger partial charge on any atom is -0.357 e. The highest BCUT2D eigenvalue weighted by molar-refractivity contribution is 5.38. The second kappa shape index (κ2) is 1.56. The minimum absolute atomic E-state index is 0.244. The van der Waals surface area contributed by atoms with Crippen LogP contribution in [-0.4, -0.2) is 15.7 Å². The standard InChI is InChI=1S/C8H8N2O/c1-5-4-9-8-7-6(11-7)2-3-10(5)8/h2-4,6-7H,1H3. The molecule has 56 valence electrons. The summed E-state index contributed by atoms with van der Waals surface area (Å²) in [6.07, 6.45) is 6.54. The number of fused-ring (bicyclic) bond motifs is 3. The molecule has 0 spiro atoms. The highest BCUT2D eigenvalue weighted by Crippen LogP contribution is 2.41. The predicted octanol–water partition coefficient (Wildman–Crippen LogP) is 1.12. The Morgan fingerprint density at radius 1 is 1.64 bits per heavy atom. The van der Waals surface area contributed by atoms with Gasteiger partial charge in [0, 0.05) is 18.1 Å². The lowest BCUT2D eigenvalue weighted by molar-refractivity contribution is 0.389. The van der Waals surface area contributed by atoms with Gasteiger partial charge in [-0.3, -0.25) is 0 Å². The normalized spacial score (nSPS) is 31.4. The minimum atomic E-state index is 0.244. The van der Waals surface area contributed by atoms with Gasteiger partial charge in [-0.1, -0.05) is 0 Å². The van der Waals surface area contributed by atoms with E-state index in [1.54, 1.807) is 0 Å². The quantitative estimate of drug-likeness (QED) is 0.516. The molecule has 1 aromatic rings. The molecule has 1 aromatic heterocycles. The van der Waals surface area contributed by atoms with Crippen molar-refractivity contribution in [1.29, 1.82) is 0 Å². The lowest BCUT2D eigenvalue weighted by Crippen LogP contribution is -2.02. The van der Waals surface area contributed by atoms with Gasteiger partial charge in [-0.2, -0.15) is 0 Å². The number of rotatable bonds is 0. The van der Waals surface area contributed by atoms with Crippen LogP contribution in [0.2, 0.25) is 0 Å². The molecular weight excluding hydrogens is 140 g/mol. The second-order valence-corrected chi connectivity index (χ2v) is 2.99. The summed E-state index contributed by atoms with van der Waals surface area (Å²) in [6.45, 7) is 2.05. The number of hydrogen-bond acceptors (Lipinski definition) is 2. The average molecular weight is 148 g/mol. The molecule has 2 atom stereocenters. The molecule has 1 fully saturated rings. The van der Waals surface area contributed by atoms with E-state index in [1.165, 1.54) is 5.69 Å². The average Bonchev–Trinajstić information content (AvgIpc) is 2.71. The first-order valence-corrected chi connectivity index (χ1v) is 3.74. The van der Waals surface area contributed by atoms with Crippen LogP contribution in [0.3, 0.4) is 0 Å². The largest absolute Gasteiger partial charge is 0.357 e. The van der Waals surface area contributed by atoms with E-state index in [1.807, 2.05) is 19.3 Å². The van der Waals surface area contributed by atoms with Crippen molar-refractivity contribution in [1.82, 2.24) is 9.55 Å². The maximum Gasteiger partial charge on any atom is 0.146 e. The van der Waals surface area contributed by atoms with Crippen molar-refractivity contribution in [2.24, 2.45) is 0 Å². The smallest absolute Gasteiger partial charge is 0.146 e. The summed E-state index contributed by atoms with van der Waals surface area (Å²) in [7, 11) is 0. The van der Waals surface area contributed by atoms with Gasteiger partial charge in [-0.25, -0.2) is 4.98 Å². The monoisotopic (exact) mass is 148 g/mol. The SMILES string of the molecule is Cc1cnc2n1C=CC1OC21. The van der Waals surface area contributed by atoms with Gasteiger partial charge in [-0.15, -0.1) is 0 Å². The van der Waals surface area contributed by atoms with E-state index >= 15 is 0 Å². The molecule has 0 aromatic carbocycles. The van der Waals surface area contributed by atoms with E-state index in [-0.39, 0.29) is 6.10 Å². The van der Waals surface area contributed by atoms with E-state index in [4.69, 9.17) is 4.74 Å². The fraction of sp³-hybridized carbons (Fsp3) is 0.375. The molecule has 2 aliphatic heterocycles. The highest BCUT2D eigenvalue weighted by atomic mass is 16.6. The van der Waals surface area contributed by atoms with Crippen molar-refractivity contribution >= 4 is 6.20 Å². The van der Waals surface area contributed by atoms with Gasteiger partial charge < -0.3 is 9.30 Å². The predicted molar refractivity (Wildman–Crippen MR) is 39.9 cm³/mol. The van der Waals surface area contributed by atoms with Crippen molar-refractivity contribution in [2.45, 2.75) is 19.1 Å². The molecule has 2 aliphatic rings. The number of hydrogen-bond donors (Lipinski definition) is 0. The zero-order chi connectivity index (χ0) is 7.42. The summed E-state index contributed by atoms with van der Waals surface area (Å²) >= 11 is 0. The molecule has 3 nitrogen and oxygen atoms in total. The Balaban J connectivity index is 2.26. The highest BCUT2D eigenvalue weighted by Gasteiger charge is 2.43. The number of epoxide rings is 1. The third-order valence-electron chi connectivity index (χ3n) is 2.22. The molecule has 0 bridgehead atoms. The van der Waals surface area contributed by atoms with Crippen LogP contribution in [0.5, 0.6) is 0 Å².